The lowest BCUT2D eigenvalue weighted by Gasteiger charge is -2.22. The zero-order chi connectivity index (χ0) is 20.9. The minimum Gasteiger partial charge on any atom is -0.442 e. The number of amides is 1. The minimum absolute atomic E-state index is 0.141. The molecule has 0 radical (unpaired) electrons. The topological polar surface area (TPSA) is 96.6 Å². The number of nitrogens with one attached hydrogen (secondary N) is 2. The minimum atomic E-state index is -0.800. The molecule has 8 heteroatoms. The van der Waals surface area contributed by atoms with Crippen LogP contribution in [0.2, 0.25) is 0 Å². The van der Waals surface area contributed by atoms with Crippen LogP contribution in [0.3, 0.4) is 0 Å². The summed E-state index contributed by atoms with van der Waals surface area (Å²) in [7, 11) is 0. The highest BCUT2D eigenvalue weighted by Gasteiger charge is 2.37. The highest BCUT2D eigenvalue weighted by molar-refractivity contribution is 5.67. The predicted octanol–water partition coefficient (Wildman–Crippen LogP) is 2.65. The second-order valence-electron chi connectivity index (χ2n) is 7.25. The molecule has 7 nitrogen and oxygen atoms in total. The fourth-order valence-electron chi connectivity index (χ4n) is 3.54. The number of hydrogen-bond acceptors (Lipinski definition) is 6. The summed E-state index contributed by atoms with van der Waals surface area (Å²) in [6.45, 7) is 0.479. The van der Waals surface area contributed by atoms with E-state index < -0.39 is 18.3 Å². The van der Waals surface area contributed by atoms with E-state index in [0.29, 0.717) is 18.5 Å². The molecule has 1 aliphatic heterocycles. The molecular formula is C22H22FN3O4. The number of aromatic nitrogens is 1. The molecule has 0 saturated carbocycles. The molecule has 0 bridgehead atoms. The molecule has 1 amide bonds. The summed E-state index contributed by atoms with van der Waals surface area (Å²) < 4.78 is 23.6. The summed E-state index contributed by atoms with van der Waals surface area (Å²) in [4.78, 5) is 12.2. The molecule has 1 aromatic heterocycles. The van der Waals surface area contributed by atoms with Crippen LogP contribution >= 0.6 is 0 Å². The number of carbonyl (C=O) groups is 1. The van der Waals surface area contributed by atoms with Crippen molar-refractivity contribution in [3.63, 3.8) is 0 Å². The van der Waals surface area contributed by atoms with E-state index in [9.17, 15) is 14.3 Å². The van der Waals surface area contributed by atoms with Crippen LogP contribution in [0, 0.1) is 5.82 Å². The number of nitrogens with zero attached hydrogens (tertiary/aromatic N) is 1. The van der Waals surface area contributed by atoms with Gasteiger partial charge >= 0.3 is 6.09 Å². The fourth-order valence-corrected chi connectivity index (χ4v) is 3.54. The Kier molecular flexibility index (Phi) is 6.06. The van der Waals surface area contributed by atoms with E-state index in [1.54, 1.807) is 24.6 Å². The van der Waals surface area contributed by atoms with Crippen LogP contribution in [0.5, 0.6) is 0 Å². The Hall–Kier alpha value is -3.23. The normalized spacial score (nSPS) is 20.8. The third-order valence-electron chi connectivity index (χ3n) is 5.11. The first-order chi connectivity index (χ1) is 14.6. The van der Waals surface area contributed by atoms with E-state index in [0.717, 1.165) is 16.7 Å². The largest absolute Gasteiger partial charge is 0.442 e. The molecule has 0 unspecified atom stereocenters. The molecule has 4 rings (SSSR count). The van der Waals surface area contributed by atoms with Crippen molar-refractivity contribution in [2.45, 2.75) is 31.2 Å². The first kappa shape index (κ1) is 20.1. The zero-order valence-corrected chi connectivity index (χ0v) is 16.1. The van der Waals surface area contributed by atoms with Gasteiger partial charge in [0.15, 0.2) is 0 Å². The summed E-state index contributed by atoms with van der Waals surface area (Å²) in [5.74, 6) is -0.367. The summed E-state index contributed by atoms with van der Waals surface area (Å²) in [5.41, 5.74) is 3.55. The number of hydrogen-bond donors (Lipinski definition) is 3. The number of aliphatic hydroxyl groups is 1. The van der Waals surface area contributed by atoms with Crippen molar-refractivity contribution in [2.75, 3.05) is 6.54 Å². The Labute approximate surface area is 172 Å². The van der Waals surface area contributed by atoms with Gasteiger partial charge in [-0.05, 0) is 35.2 Å². The van der Waals surface area contributed by atoms with Crippen molar-refractivity contribution in [3.8, 4) is 11.1 Å². The molecule has 30 heavy (non-hydrogen) atoms. The van der Waals surface area contributed by atoms with E-state index in [1.807, 2.05) is 24.3 Å². The van der Waals surface area contributed by atoms with Gasteiger partial charge in [-0.3, -0.25) is 0 Å². The molecule has 0 spiro atoms. The van der Waals surface area contributed by atoms with E-state index >= 15 is 0 Å². The van der Waals surface area contributed by atoms with Gasteiger partial charge in [0.05, 0.1) is 12.2 Å². The van der Waals surface area contributed by atoms with E-state index in [-0.39, 0.29) is 18.4 Å². The van der Waals surface area contributed by atoms with Gasteiger partial charge < -0.3 is 25.0 Å². The number of rotatable bonds is 6. The van der Waals surface area contributed by atoms with Crippen molar-refractivity contribution in [1.82, 2.24) is 15.8 Å². The Morgan fingerprint density at radius 1 is 1.23 bits per heavy atom. The number of halogens is 1. The van der Waals surface area contributed by atoms with Crippen LogP contribution in [0.15, 0.2) is 65.5 Å². The zero-order valence-electron chi connectivity index (χ0n) is 16.1. The summed E-state index contributed by atoms with van der Waals surface area (Å²) in [6, 6.07) is 13.6. The lowest BCUT2D eigenvalue weighted by Crippen LogP contribution is -2.41. The third-order valence-corrected chi connectivity index (χ3v) is 5.11. The first-order valence-electron chi connectivity index (χ1n) is 9.67. The molecule has 3 aromatic rings. The Bertz CT molecular complexity index is 978. The number of alkyl carbamates (subject to hydrolysis) is 1. The third kappa shape index (κ3) is 4.84. The standard InChI is InChI=1S/C22H22FN3O4/c23-18-3-1-2-15(8-18)10-25-22(28)30-21-19(24-12-20(21)27)9-14-4-6-16(7-5-14)17-11-26-29-13-17/h1-8,11,13,19-21,24,27H,9-10,12H2,(H,25,28)/t19-,20+,21+/m1/s1. The van der Waals surface area contributed by atoms with E-state index in [2.05, 4.69) is 15.8 Å². The van der Waals surface area contributed by atoms with Gasteiger partial charge in [0.1, 0.15) is 24.3 Å². The van der Waals surface area contributed by atoms with Crippen LogP contribution in [-0.4, -0.2) is 41.2 Å². The van der Waals surface area contributed by atoms with Crippen molar-refractivity contribution in [1.29, 1.82) is 0 Å². The summed E-state index contributed by atoms with van der Waals surface area (Å²) in [5, 5.41) is 19.7. The summed E-state index contributed by atoms with van der Waals surface area (Å²) in [6.07, 6.45) is 1.68. The summed E-state index contributed by atoms with van der Waals surface area (Å²) >= 11 is 0. The number of ether oxygens (including phenoxy) is 1. The van der Waals surface area contributed by atoms with Gasteiger partial charge in [0.25, 0.3) is 0 Å². The lowest BCUT2D eigenvalue weighted by atomic mass is 9.99. The molecule has 1 fully saturated rings. The Morgan fingerprint density at radius 3 is 2.80 bits per heavy atom. The van der Waals surface area contributed by atoms with Gasteiger partial charge in [-0.1, -0.05) is 41.6 Å². The lowest BCUT2D eigenvalue weighted by molar-refractivity contribution is 0.0188. The first-order valence-corrected chi connectivity index (χ1v) is 9.67. The van der Waals surface area contributed by atoms with E-state index in [1.165, 1.54) is 12.1 Å². The van der Waals surface area contributed by atoms with Gasteiger partial charge in [0.2, 0.25) is 0 Å². The van der Waals surface area contributed by atoms with Gasteiger partial charge in [0, 0.05) is 18.7 Å². The highest BCUT2D eigenvalue weighted by Crippen LogP contribution is 2.22. The SMILES string of the molecule is O=C(NCc1cccc(F)c1)O[C@@H]1[C@@H](O)CN[C@@H]1Cc1ccc(-c2cnoc2)cc1. The maximum atomic E-state index is 13.2. The molecule has 156 valence electrons. The molecule has 2 aromatic carbocycles. The van der Waals surface area contributed by atoms with Crippen molar-refractivity contribution in [2.24, 2.45) is 0 Å². The molecule has 1 saturated heterocycles. The van der Waals surface area contributed by atoms with Gasteiger partial charge in [-0.25, -0.2) is 9.18 Å². The number of carbonyl (C=O) groups excluding carboxylic acids is 1. The van der Waals surface area contributed by atoms with Crippen LogP contribution in [0.1, 0.15) is 11.1 Å². The average molecular weight is 411 g/mol. The Balaban J connectivity index is 1.33. The highest BCUT2D eigenvalue weighted by atomic mass is 19.1. The van der Waals surface area contributed by atoms with Gasteiger partial charge in [-0.2, -0.15) is 0 Å². The van der Waals surface area contributed by atoms with Crippen molar-refractivity contribution >= 4 is 6.09 Å². The number of benzene rings is 2. The monoisotopic (exact) mass is 411 g/mol. The van der Waals surface area contributed by atoms with Crippen LogP contribution in [0.4, 0.5) is 9.18 Å². The van der Waals surface area contributed by atoms with Gasteiger partial charge in [-0.15, -0.1) is 0 Å². The average Bonchev–Trinajstić information content (AvgIpc) is 3.39. The van der Waals surface area contributed by atoms with Crippen LogP contribution < -0.4 is 10.6 Å². The molecule has 1 aliphatic rings. The fraction of sp³-hybridized carbons (Fsp3) is 0.273. The molecular weight excluding hydrogens is 389 g/mol. The second-order valence-corrected chi connectivity index (χ2v) is 7.25. The second kappa shape index (κ2) is 9.06. The number of β-amino-alcohol motifs (C(OH)–C–C–N with tert-alkyl or cyclic N) is 1. The molecule has 3 atom stereocenters. The van der Waals surface area contributed by atoms with Crippen molar-refractivity contribution in [3.05, 3.63) is 77.9 Å². The van der Waals surface area contributed by atoms with Crippen LogP contribution in [0.25, 0.3) is 11.1 Å². The molecule has 3 N–H and O–H groups in total. The number of aliphatic hydroxyl groups excluding tert-OH is 1. The quantitative estimate of drug-likeness (QED) is 0.577. The Morgan fingerprint density at radius 2 is 2.07 bits per heavy atom. The van der Waals surface area contributed by atoms with Crippen molar-refractivity contribution < 1.29 is 23.6 Å². The smallest absolute Gasteiger partial charge is 0.407 e. The predicted molar refractivity (Wildman–Crippen MR) is 107 cm³/mol. The maximum absolute atomic E-state index is 13.2. The molecule has 0 aliphatic carbocycles. The molecule has 2 heterocycles. The van der Waals surface area contributed by atoms with E-state index in [4.69, 9.17) is 9.26 Å². The van der Waals surface area contributed by atoms with Crippen LogP contribution in [-0.2, 0) is 17.7 Å². The maximum Gasteiger partial charge on any atom is 0.407 e.